The van der Waals surface area contributed by atoms with Gasteiger partial charge in [0.15, 0.2) is 5.82 Å². The van der Waals surface area contributed by atoms with Crippen molar-refractivity contribution in [2.24, 2.45) is 5.10 Å². The Morgan fingerprint density at radius 3 is 2.56 bits per heavy atom. The van der Waals surface area contributed by atoms with Crippen molar-refractivity contribution in [2.45, 2.75) is 13.2 Å². The molecular weight excluding hydrogens is 321 g/mol. The van der Waals surface area contributed by atoms with E-state index in [1.807, 2.05) is 24.3 Å². The van der Waals surface area contributed by atoms with Crippen LogP contribution >= 0.6 is 0 Å². The molecule has 0 fully saturated rings. The standard InChI is InChI=1S/C17H16FN7/c18-10-15-6-9-19-16(24-15)12-23-25-14-4-2-13(3-5-14)11-22-17-20-7-1-8-21-17/h1-9,12,25H,10-11H2,(H,20,21,22)/b23-12+. The van der Waals surface area contributed by atoms with Gasteiger partial charge in [0, 0.05) is 25.1 Å². The van der Waals surface area contributed by atoms with Crippen LogP contribution in [0.2, 0.25) is 0 Å². The topological polar surface area (TPSA) is 88.0 Å². The highest BCUT2D eigenvalue weighted by molar-refractivity contribution is 5.75. The van der Waals surface area contributed by atoms with E-state index in [-0.39, 0.29) is 0 Å². The summed E-state index contributed by atoms with van der Waals surface area (Å²) in [4.78, 5) is 16.2. The van der Waals surface area contributed by atoms with Gasteiger partial charge in [0.1, 0.15) is 6.67 Å². The molecule has 3 aromatic rings. The smallest absolute Gasteiger partial charge is 0.222 e. The summed E-state index contributed by atoms with van der Waals surface area (Å²) in [5, 5.41) is 7.19. The van der Waals surface area contributed by atoms with Crippen LogP contribution in [-0.4, -0.2) is 26.2 Å². The van der Waals surface area contributed by atoms with Crippen molar-refractivity contribution in [3.63, 3.8) is 0 Å². The molecule has 0 aliphatic carbocycles. The molecular formula is C17H16FN7. The lowest BCUT2D eigenvalue weighted by molar-refractivity contribution is 0.475. The first-order valence-electron chi connectivity index (χ1n) is 7.60. The molecule has 0 radical (unpaired) electrons. The van der Waals surface area contributed by atoms with Crippen LogP contribution < -0.4 is 10.7 Å². The average Bonchev–Trinajstić information content (AvgIpc) is 2.68. The van der Waals surface area contributed by atoms with Gasteiger partial charge in [-0.2, -0.15) is 5.10 Å². The maximum atomic E-state index is 12.5. The van der Waals surface area contributed by atoms with Crippen molar-refractivity contribution in [2.75, 3.05) is 10.7 Å². The first-order chi connectivity index (χ1) is 12.3. The van der Waals surface area contributed by atoms with E-state index < -0.39 is 6.67 Å². The van der Waals surface area contributed by atoms with Crippen molar-refractivity contribution in [3.8, 4) is 0 Å². The van der Waals surface area contributed by atoms with Crippen LogP contribution in [0.1, 0.15) is 17.1 Å². The van der Waals surface area contributed by atoms with Gasteiger partial charge < -0.3 is 5.32 Å². The predicted molar refractivity (Wildman–Crippen MR) is 93.9 cm³/mol. The molecule has 0 amide bonds. The number of anilines is 2. The third-order valence-corrected chi connectivity index (χ3v) is 3.21. The zero-order chi connectivity index (χ0) is 17.3. The van der Waals surface area contributed by atoms with Crippen molar-refractivity contribution in [1.29, 1.82) is 0 Å². The van der Waals surface area contributed by atoms with Gasteiger partial charge in [-0.1, -0.05) is 12.1 Å². The predicted octanol–water partition coefficient (Wildman–Crippen LogP) is 2.79. The van der Waals surface area contributed by atoms with Crippen LogP contribution in [-0.2, 0) is 13.2 Å². The Morgan fingerprint density at radius 1 is 1.00 bits per heavy atom. The highest BCUT2D eigenvalue weighted by atomic mass is 19.1. The van der Waals surface area contributed by atoms with Crippen molar-refractivity contribution < 1.29 is 4.39 Å². The summed E-state index contributed by atoms with van der Waals surface area (Å²) in [6.45, 7) is -0.00225. The Morgan fingerprint density at radius 2 is 1.80 bits per heavy atom. The molecule has 0 aliphatic heterocycles. The SMILES string of the molecule is FCc1ccnc(/C=N/Nc2ccc(CNc3ncccn3)cc2)n1. The third-order valence-electron chi connectivity index (χ3n) is 3.21. The van der Waals surface area contributed by atoms with Crippen LogP contribution in [0.5, 0.6) is 0 Å². The summed E-state index contributed by atoms with van der Waals surface area (Å²) in [5.41, 5.74) is 5.11. The van der Waals surface area contributed by atoms with Gasteiger partial charge in [-0.15, -0.1) is 0 Å². The van der Waals surface area contributed by atoms with E-state index >= 15 is 0 Å². The van der Waals surface area contributed by atoms with Gasteiger partial charge in [-0.25, -0.2) is 24.3 Å². The van der Waals surface area contributed by atoms with Crippen LogP contribution in [0.3, 0.4) is 0 Å². The summed E-state index contributed by atoms with van der Waals surface area (Å²) in [7, 11) is 0. The van der Waals surface area contributed by atoms with Gasteiger partial charge in [-0.3, -0.25) is 5.43 Å². The molecule has 0 bridgehead atoms. The number of hydrazone groups is 1. The van der Waals surface area contributed by atoms with Crippen molar-refractivity contribution in [1.82, 2.24) is 19.9 Å². The Balaban J connectivity index is 1.52. The lowest BCUT2D eigenvalue weighted by atomic mass is 10.2. The summed E-state index contributed by atoms with van der Waals surface area (Å²) in [6, 6.07) is 11.0. The zero-order valence-corrected chi connectivity index (χ0v) is 13.3. The van der Waals surface area contributed by atoms with E-state index in [2.05, 4.69) is 35.8 Å². The molecule has 2 heterocycles. The molecule has 2 aromatic heterocycles. The highest BCUT2D eigenvalue weighted by Crippen LogP contribution is 2.10. The molecule has 126 valence electrons. The second-order valence-corrected chi connectivity index (χ2v) is 5.03. The number of halogens is 1. The normalized spacial score (nSPS) is 10.8. The Labute approximate surface area is 144 Å². The zero-order valence-electron chi connectivity index (χ0n) is 13.3. The number of nitrogens with zero attached hydrogens (tertiary/aromatic N) is 5. The number of hydrogen-bond donors (Lipinski definition) is 2. The maximum Gasteiger partial charge on any atom is 0.222 e. The molecule has 3 rings (SSSR count). The number of alkyl halides is 1. The van der Waals surface area contributed by atoms with Gasteiger partial charge in [-0.05, 0) is 29.8 Å². The van der Waals surface area contributed by atoms with Gasteiger partial charge in [0.25, 0.3) is 0 Å². The van der Waals surface area contributed by atoms with Gasteiger partial charge in [0.2, 0.25) is 5.95 Å². The first kappa shape index (κ1) is 16.4. The number of aromatic nitrogens is 4. The fourth-order valence-electron chi connectivity index (χ4n) is 1.98. The summed E-state index contributed by atoms with van der Waals surface area (Å²) >= 11 is 0. The molecule has 0 atom stereocenters. The number of nitrogens with one attached hydrogen (secondary N) is 2. The Hall–Kier alpha value is -3.42. The fraction of sp³-hybridized carbons (Fsp3) is 0.118. The largest absolute Gasteiger partial charge is 0.350 e. The van der Waals surface area contributed by atoms with Crippen molar-refractivity contribution in [3.05, 3.63) is 72.1 Å². The molecule has 0 saturated carbocycles. The van der Waals surface area contributed by atoms with Crippen LogP contribution in [0.15, 0.2) is 60.1 Å². The minimum absolute atomic E-state index is 0.329. The van der Waals surface area contributed by atoms with Crippen molar-refractivity contribution >= 4 is 17.9 Å². The maximum absolute atomic E-state index is 12.5. The summed E-state index contributed by atoms with van der Waals surface area (Å²) < 4.78 is 12.5. The second kappa shape index (κ2) is 8.44. The third kappa shape index (κ3) is 5.03. The van der Waals surface area contributed by atoms with E-state index in [4.69, 9.17) is 0 Å². The van der Waals surface area contributed by atoms with Crippen LogP contribution in [0.4, 0.5) is 16.0 Å². The lowest BCUT2D eigenvalue weighted by Crippen LogP contribution is -2.02. The summed E-state index contributed by atoms with van der Waals surface area (Å²) in [5.74, 6) is 0.941. The fourth-order valence-corrected chi connectivity index (χ4v) is 1.98. The highest BCUT2D eigenvalue weighted by Gasteiger charge is 1.98. The molecule has 2 N–H and O–H groups in total. The molecule has 1 aromatic carbocycles. The molecule has 0 saturated heterocycles. The molecule has 7 nitrogen and oxygen atoms in total. The molecule has 0 spiro atoms. The quantitative estimate of drug-likeness (QED) is 0.509. The summed E-state index contributed by atoms with van der Waals surface area (Å²) in [6.07, 6.45) is 6.32. The van der Waals surface area contributed by atoms with Gasteiger partial charge >= 0.3 is 0 Å². The van der Waals surface area contributed by atoms with Crippen LogP contribution in [0, 0.1) is 0 Å². The average molecular weight is 337 g/mol. The van der Waals surface area contributed by atoms with Crippen LogP contribution in [0.25, 0.3) is 0 Å². The molecule has 8 heteroatoms. The Bertz CT molecular complexity index is 822. The van der Waals surface area contributed by atoms with E-state index in [1.165, 1.54) is 18.5 Å². The minimum atomic E-state index is -0.625. The molecule has 0 aliphatic rings. The van der Waals surface area contributed by atoms with E-state index in [9.17, 15) is 4.39 Å². The monoisotopic (exact) mass is 337 g/mol. The Kier molecular flexibility index (Phi) is 5.55. The van der Waals surface area contributed by atoms with E-state index in [0.717, 1.165) is 11.3 Å². The molecule has 25 heavy (non-hydrogen) atoms. The first-order valence-corrected chi connectivity index (χ1v) is 7.60. The van der Waals surface area contributed by atoms with Gasteiger partial charge in [0.05, 0.1) is 17.6 Å². The second-order valence-electron chi connectivity index (χ2n) is 5.03. The minimum Gasteiger partial charge on any atom is -0.350 e. The van der Waals surface area contributed by atoms with E-state index in [1.54, 1.807) is 18.5 Å². The molecule has 0 unspecified atom stereocenters. The number of rotatable bonds is 7. The number of benzene rings is 1. The van der Waals surface area contributed by atoms with E-state index in [0.29, 0.717) is 24.0 Å². The lowest BCUT2D eigenvalue weighted by Gasteiger charge is -2.05. The number of hydrogen-bond acceptors (Lipinski definition) is 7.